The fourth-order valence-corrected chi connectivity index (χ4v) is 2.92. The number of hydrogen-bond donors (Lipinski definition) is 2. The molecule has 0 aliphatic heterocycles. The Morgan fingerprint density at radius 1 is 1.56 bits per heavy atom. The van der Waals surface area contributed by atoms with Gasteiger partial charge in [-0.2, -0.15) is 0 Å². The van der Waals surface area contributed by atoms with Crippen molar-refractivity contribution in [3.05, 3.63) is 33.3 Å². The number of carbonyl (C=O) groups is 1. The molecule has 0 saturated heterocycles. The summed E-state index contributed by atoms with van der Waals surface area (Å²) in [6.45, 7) is 3.89. The summed E-state index contributed by atoms with van der Waals surface area (Å²) in [5, 5.41) is 13.2. The lowest BCUT2D eigenvalue weighted by Crippen LogP contribution is -2.61. The minimum absolute atomic E-state index is 0.00239. The molecule has 0 aromatic heterocycles. The zero-order valence-corrected chi connectivity index (χ0v) is 12.5. The molecule has 0 heterocycles. The van der Waals surface area contributed by atoms with E-state index in [1.54, 1.807) is 18.2 Å². The monoisotopic (exact) mass is 331 g/mol. The van der Waals surface area contributed by atoms with Crippen LogP contribution in [0.15, 0.2) is 22.7 Å². The van der Waals surface area contributed by atoms with Crippen molar-refractivity contribution in [1.82, 2.24) is 5.32 Å². The van der Waals surface area contributed by atoms with Crippen LogP contribution in [0.4, 0.5) is 0 Å². The Morgan fingerprint density at radius 2 is 2.22 bits per heavy atom. The van der Waals surface area contributed by atoms with Gasteiger partial charge >= 0.3 is 0 Å². The third-order valence-corrected chi connectivity index (χ3v) is 4.59. The van der Waals surface area contributed by atoms with E-state index < -0.39 is 0 Å². The molecule has 1 fully saturated rings. The van der Waals surface area contributed by atoms with Gasteiger partial charge in [-0.15, -0.1) is 0 Å². The average Bonchev–Trinajstić information content (AvgIpc) is 2.28. The van der Waals surface area contributed by atoms with Crippen LogP contribution in [0, 0.1) is 5.41 Å². The minimum atomic E-state index is -0.351. The lowest BCUT2D eigenvalue weighted by Gasteiger charge is -2.49. The maximum atomic E-state index is 12.1. The normalized spacial score (nSPS) is 25.4. The first-order chi connectivity index (χ1) is 8.32. The summed E-state index contributed by atoms with van der Waals surface area (Å²) in [5.74, 6) is -0.150. The maximum absolute atomic E-state index is 12.1. The van der Waals surface area contributed by atoms with Crippen LogP contribution >= 0.6 is 27.5 Å². The van der Waals surface area contributed by atoms with E-state index in [9.17, 15) is 9.90 Å². The second-order valence-corrected chi connectivity index (χ2v) is 6.51. The van der Waals surface area contributed by atoms with Crippen LogP contribution in [0.1, 0.15) is 30.6 Å². The zero-order chi connectivity index (χ0) is 13.5. The lowest BCUT2D eigenvalue weighted by atomic mass is 9.64. The zero-order valence-electron chi connectivity index (χ0n) is 10.2. The van der Waals surface area contributed by atoms with Crippen molar-refractivity contribution < 1.29 is 9.90 Å². The van der Waals surface area contributed by atoms with Gasteiger partial charge in [0.2, 0.25) is 0 Å². The van der Waals surface area contributed by atoms with Crippen molar-refractivity contribution in [3.8, 4) is 0 Å². The van der Waals surface area contributed by atoms with Gasteiger partial charge < -0.3 is 10.4 Å². The fourth-order valence-electron chi connectivity index (χ4n) is 2.06. The number of aliphatic hydroxyl groups is 1. The van der Waals surface area contributed by atoms with Crippen LogP contribution in [-0.4, -0.2) is 23.2 Å². The Morgan fingerprint density at radius 3 is 2.72 bits per heavy atom. The molecule has 0 bridgehead atoms. The van der Waals surface area contributed by atoms with Gasteiger partial charge in [0.15, 0.2) is 0 Å². The van der Waals surface area contributed by atoms with E-state index in [1.807, 2.05) is 13.8 Å². The molecule has 0 radical (unpaired) electrons. The number of nitrogens with one attached hydrogen (secondary N) is 1. The Bertz CT molecular complexity index is 490. The third kappa shape index (κ3) is 2.42. The minimum Gasteiger partial charge on any atom is -0.392 e. The van der Waals surface area contributed by atoms with Crippen molar-refractivity contribution in [2.24, 2.45) is 5.41 Å². The second kappa shape index (κ2) is 4.83. The molecule has 2 unspecified atom stereocenters. The Kier molecular flexibility index (Phi) is 3.72. The highest BCUT2D eigenvalue weighted by Gasteiger charge is 2.48. The van der Waals surface area contributed by atoms with Gasteiger partial charge in [0.25, 0.3) is 5.91 Å². The Labute approximate surface area is 120 Å². The van der Waals surface area contributed by atoms with E-state index in [-0.39, 0.29) is 23.5 Å². The average molecular weight is 333 g/mol. The van der Waals surface area contributed by atoms with Crippen molar-refractivity contribution in [3.63, 3.8) is 0 Å². The number of hydrogen-bond acceptors (Lipinski definition) is 2. The van der Waals surface area contributed by atoms with E-state index in [1.165, 1.54) is 0 Å². The molecular weight excluding hydrogens is 318 g/mol. The molecule has 3 nitrogen and oxygen atoms in total. The molecule has 1 aromatic rings. The van der Waals surface area contributed by atoms with E-state index in [4.69, 9.17) is 11.6 Å². The molecular formula is C13H15BrClNO2. The molecule has 1 aliphatic rings. The third-order valence-electron chi connectivity index (χ3n) is 3.70. The van der Waals surface area contributed by atoms with Gasteiger partial charge in [-0.1, -0.05) is 25.4 Å². The predicted octanol–water partition coefficient (Wildman–Crippen LogP) is 2.99. The van der Waals surface area contributed by atoms with Gasteiger partial charge in [-0.3, -0.25) is 4.79 Å². The fraction of sp³-hybridized carbons (Fsp3) is 0.462. The summed E-state index contributed by atoms with van der Waals surface area (Å²) >= 11 is 9.16. The van der Waals surface area contributed by atoms with Crippen LogP contribution in [0.3, 0.4) is 0 Å². The van der Waals surface area contributed by atoms with Crippen LogP contribution in [-0.2, 0) is 0 Å². The number of benzene rings is 1. The van der Waals surface area contributed by atoms with Gasteiger partial charge in [-0.25, -0.2) is 0 Å². The van der Waals surface area contributed by atoms with Gasteiger partial charge in [0.05, 0.1) is 11.7 Å². The van der Waals surface area contributed by atoms with Crippen molar-refractivity contribution >= 4 is 33.4 Å². The second-order valence-electron chi connectivity index (χ2n) is 5.22. The van der Waals surface area contributed by atoms with E-state index in [0.29, 0.717) is 21.5 Å². The molecule has 18 heavy (non-hydrogen) atoms. The number of carbonyl (C=O) groups excluding carboxylic acids is 1. The predicted molar refractivity (Wildman–Crippen MR) is 74.8 cm³/mol. The van der Waals surface area contributed by atoms with Crippen molar-refractivity contribution in [2.45, 2.75) is 32.4 Å². The summed E-state index contributed by atoms with van der Waals surface area (Å²) < 4.78 is 0.671. The van der Waals surface area contributed by atoms with Crippen molar-refractivity contribution in [1.29, 1.82) is 0 Å². The van der Waals surface area contributed by atoms with E-state index in [2.05, 4.69) is 21.2 Å². The highest BCUT2D eigenvalue weighted by Crippen LogP contribution is 2.40. The van der Waals surface area contributed by atoms with Crippen LogP contribution in [0.2, 0.25) is 5.02 Å². The molecule has 5 heteroatoms. The molecule has 1 aliphatic carbocycles. The largest absolute Gasteiger partial charge is 0.392 e. The summed E-state index contributed by atoms with van der Waals surface area (Å²) in [6.07, 6.45) is 0.251. The topological polar surface area (TPSA) is 49.3 Å². The maximum Gasteiger partial charge on any atom is 0.252 e. The first-order valence-corrected chi connectivity index (χ1v) is 6.93. The summed E-state index contributed by atoms with van der Waals surface area (Å²) in [4.78, 5) is 12.1. The van der Waals surface area contributed by atoms with Gasteiger partial charge in [0.1, 0.15) is 0 Å². The van der Waals surface area contributed by atoms with E-state index in [0.717, 1.165) is 0 Å². The van der Waals surface area contributed by atoms with Crippen LogP contribution in [0.5, 0.6) is 0 Å². The number of amides is 1. The molecule has 2 N–H and O–H groups in total. The molecule has 1 saturated carbocycles. The van der Waals surface area contributed by atoms with E-state index >= 15 is 0 Å². The lowest BCUT2D eigenvalue weighted by molar-refractivity contribution is -0.0689. The Balaban J connectivity index is 2.09. The highest BCUT2D eigenvalue weighted by molar-refractivity contribution is 9.10. The summed E-state index contributed by atoms with van der Waals surface area (Å²) in [6, 6.07) is 5.06. The summed E-state index contributed by atoms with van der Waals surface area (Å²) in [5.41, 5.74) is 0.283. The summed E-state index contributed by atoms with van der Waals surface area (Å²) in [7, 11) is 0. The van der Waals surface area contributed by atoms with Crippen LogP contribution < -0.4 is 5.32 Å². The molecule has 0 spiro atoms. The van der Waals surface area contributed by atoms with Gasteiger partial charge in [-0.05, 0) is 40.5 Å². The number of rotatable bonds is 2. The highest BCUT2D eigenvalue weighted by atomic mass is 79.9. The molecule has 98 valence electrons. The number of aliphatic hydroxyl groups excluding tert-OH is 1. The first-order valence-electron chi connectivity index (χ1n) is 5.76. The Hall–Kier alpha value is -0.580. The molecule has 1 amide bonds. The van der Waals surface area contributed by atoms with Crippen molar-refractivity contribution in [2.75, 3.05) is 0 Å². The standard InChI is InChI=1S/C13H15BrClNO2/c1-13(2)10(6-11(13)17)16-12(18)8-4-3-7(15)5-9(8)14/h3-5,10-11,17H,6H2,1-2H3,(H,16,18). The molecule has 2 atom stereocenters. The SMILES string of the molecule is CC1(C)C(O)CC1NC(=O)c1ccc(Cl)cc1Br. The number of halogens is 2. The van der Waals surface area contributed by atoms with Crippen LogP contribution in [0.25, 0.3) is 0 Å². The molecule has 2 rings (SSSR count). The first kappa shape index (κ1) is 13.8. The quantitative estimate of drug-likeness (QED) is 0.874. The smallest absolute Gasteiger partial charge is 0.252 e. The van der Waals surface area contributed by atoms with Gasteiger partial charge in [0, 0.05) is 21.0 Å². The molecule has 1 aromatic carbocycles.